The molecule has 1 fully saturated rings. The Labute approximate surface area is 124 Å². The zero-order valence-electron chi connectivity index (χ0n) is 12.4. The summed E-state index contributed by atoms with van der Waals surface area (Å²) in [5.74, 6) is -0.616. The van der Waals surface area contributed by atoms with Gasteiger partial charge in [0, 0.05) is 18.3 Å². The number of hydrogen-bond donors (Lipinski definition) is 2. The van der Waals surface area contributed by atoms with Crippen molar-refractivity contribution < 1.29 is 13.9 Å². The molecule has 2 atom stereocenters. The number of nitrogens with two attached hydrogens (primary N) is 1. The fraction of sp³-hybridized carbons (Fsp3) is 0.533. The highest BCUT2D eigenvalue weighted by molar-refractivity contribution is 5.92. The molecule has 1 saturated heterocycles. The molecule has 0 spiro atoms. The van der Waals surface area contributed by atoms with E-state index in [4.69, 9.17) is 10.5 Å². The Morgan fingerprint density at radius 3 is 3.00 bits per heavy atom. The Bertz CT molecular complexity index is 510. The van der Waals surface area contributed by atoms with Gasteiger partial charge in [-0.2, -0.15) is 0 Å². The van der Waals surface area contributed by atoms with Crippen LogP contribution in [0.4, 0.5) is 15.8 Å². The molecule has 6 heteroatoms. The minimum Gasteiger partial charge on any atom is -0.396 e. The monoisotopic (exact) mass is 295 g/mol. The Hall–Kier alpha value is -1.66. The lowest BCUT2D eigenvalue weighted by Gasteiger charge is -2.37. The summed E-state index contributed by atoms with van der Waals surface area (Å²) >= 11 is 0. The third-order valence-electron chi connectivity index (χ3n) is 3.68. The fourth-order valence-corrected chi connectivity index (χ4v) is 2.49. The molecular formula is C15H22FN3O2. The lowest BCUT2D eigenvalue weighted by Crippen LogP contribution is -2.51. The average Bonchev–Trinajstić information content (AvgIpc) is 2.43. The highest BCUT2D eigenvalue weighted by Crippen LogP contribution is 2.17. The minimum absolute atomic E-state index is 0.0271. The fourth-order valence-electron chi connectivity index (χ4n) is 2.49. The standard InChI is InChI=1S/C15H22FN3O2/c1-3-12-9-21-10(2)7-19(12)8-15(20)18-11-4-5-13(16)14(17)6-11/h4-6,10,12H,3,7-9,17H2,1-2H3,(H,18,20). The summed E-state index contributed by atoms with van der Waals surface area (Å²) in [6, 6.07) is 4.43. The molecule has 0 aliphatic carbocycles. The lowest BCUT2D eigenvalue weighted by atomic mass is 10.1. The zero-order valence-corrected chi connectivity index (χ0v) is 12.4. The van der Waals surface area contributed by atoms with Crippen molar-refractivity contribution in [3.63, 3.8) is 0 Å². The number of amides is 1. The molecule has 5 nitrogen and oxygen atoms in total. The number of carbonyl (C=O) groups is 1. The second-order valence-corrected chi connectivity index (χ2v) is 5.42. The van der Waals surface area contributed by atoms with Gasteiger partial charge in [0.1, 0.15) is 5.82 Å². The molecule has 116 valence electrons. The van der Waals surface area contributed by atoms with Crippen LogP contribution in [-0.2, 0) is 9.53 Å². The van der Waals surface area contributed by atoms with Crippen molar-refractivity contribution in [2.75, 3.05) is 30.7 Å². The molecule has 0 radical (unpaired) electrons. The van der Waals surface area contributed by atoms with Gasteiger partial charge >= 0.3 is 0 Å². The number of nitrogen functional groups attached to an aromatic ring is 1. The van der Waals surface area contributed by atoms with Gasteiger partial charge in [-0.25, -0.2) is 4.39 Å². The average molecular weight is 295 g/mol. The van der Waals surface area contributed by atoms with Crippen molar-refractivity contribution in [3.8, 4) is 0 Å². The molecule has 1 aliphatic rings. The molecular weight excluding hydrogens is 273 g/mol. The van der Waals surface area contributed by atoms with Crippen molar-refractivity contribution in [1.82, 2.24) is 4.90 Å². The van der Waals surface area contributed by atoms with Gasteiger partial charge in [0.2, 0.25) is 5.91 Å². The van der Waals surface area contributed by atoms with E-state index < -0.39 is 5.82 Å². The smallest absolute Gasteiger partial charge is 0.238 e. The van der Waals surface area contributed by atoms with Crippen LogP contribution >= 0.6 is 0 Å². The summed E-state index contributed by atoms with van der Waals surface area (Å²) in [5, 5.41) is 2.75. The maximum Gasteiger partial charge on any atom is 0.238 e. The second-order valence-electron chi connectivity index (χ2n) is 5.42. The van der Waals surface area contributed by atoms with E-state index in [0.29, 0.717) is 18.8 Å². The maximum absolute atomic E-state index is 13.1. The first-order valence-corrected chi connectivity index (χ1v) is 7.20. The van der Waals surface area contributed by atoms with E-state index in [-0.39, 0.29) is 23.7 Å². The van der Waals surface area contributed by atoms with Crippen LogP contribution in [0.5, 0.6) is 0 Å². The Kier molecular flexibility index (Phi) is 5.14. The van der Waals surface area contributed by atoms with Crippen molar-refractivity contribution in [2.24, 2.45) is 0 Å². The predicted octanol–water partition coefficient (Wildman–Crippen LogP) is 1.85. The number of anilines is 2. The quantitative estimate of drug-likeness (QED) is 0.832. The van der Waals surface area contributed by atoms with E-state index in [2.05, 4.69) is 17.1 Å². The van der Waals surface area contributed by atoms with Gasteiger partial charge in [0.15, 0.2) is 0 Å². The molecule has 2 unspecified atom stereocenters. The normalized spacial score (nSPS) is 23.0. The largest absolute Gasteiger partial charge is 0.396 e. The molecule has 1 aromatic carbocycles. The van der Waals surface area contributed by atoms with E-state index >= 15 is 0 Å². The molecule has 0 aromatic heterocycles. The van der Waals surface area contributed by atoms with Crippen LogP contribution < -0.4 is 11.1 Å². The van der Waals surface area contributed by atoms with E-state index in [9.17, 15) is 9.18 Å². The number of morpholine rings is 1. The summed E-state index contributed by atoms with van der Waals surface area (Å²) in [7, 11) is 0. The van der Waals surface area contributed by atoms with Gasteiger partial charge in [-0.15, -0.1) is 0 Å². The number of carbonyl (C=O) groups excluding carboxylic acids is 1. The number of benzene rings is 1. The number of nitrogens with one attached hydrogen (secondary N) is 1. The third kappa shape index (κ3) is 4.15. The Morgan fingerprint density at radius 1 is 1.57 bits per heavy atom. The maximum atomic E-state index is 13.1. The first-order chi connectivity index (χ1) is 9.99. The Balaban J connectivity index is 1.95. The Morgan fingerprint density at radius 2 is 2.33 bits per heavy atom. The molecule has 0 bridgehead atoms. The topological polar surface area (TPSA) is 67.6 Å². The van der Waals surface area contributed by atoms with Crippen molar-refractivity contribution in [3.05, 3.63) is 24.0 Å². The van der Waals surface area contributed by atoms with E-state index in [0.717, 1.165) is 13.0 Å². The van der Waals surface area contributed by atoms with E-state index in [1.165, 1.54) is 18.2 Å². The van der Waals surface area contributed by atoms with Crippen LogP contribution in [0.1, 0.15) is 20.3 Å². The SMILES string of the molecule is CCC1COC(C)CN1CC(=O)Nc1ccc(F)c(N)c1. The van der Waals surface area contributed by atoms with Crippen molar-refractivity contribution in [2.45, 2.75) is 32.4 Å². The molecule has 21 heavy (non-hydrogen) atoms. The first-order valence-electron chi connectivity index (χ1n) is 7.20. The van der Waals surface area contributed by atoms with E-state index in [1.807, 2.05) is 6.92 Å². The number of hydrogen-bond acceptors (Lipinski definition) is 4. The van der Waals surface area contributed by atoms with Gasteiger partial charge < -0.3 is 15.8 Å². The molecule has 1 heterocycles. The summed E-state index contributed by atoms with van der Waals surface area (Å²) < 4.78 is 18.7. The van der Waals surface area contributed by atoms with E-state index in [1.54, 1.807) is 0 Å². The zero-order chi connectivity index (χ0) is 15.4. The van der Waals surface area contributed by atoms with Gasteiger partial charge in [-0.3, -0.25) is 9.69 Å². The number of rotatable bonds is 4. The highest BCUT2D eigenvalue weighted by Gasteiger charge is 2.26. The summed E-state index contributed by atoms with van der Waals surface area (Å²) in [5.41, 5.74) is 6.02. The van der Waals surface area contributed by atoms with Crippen LogP contribution in [-0.4, -0.2) is 42.6 Å². The van der Waals surface area contributed by atoms with Crippen LogP contribution in [0.3, 0.4) is 0 Å². The number of ether oxygens (including phenoxy) is 1. The highest BCUT2D eigenvalue weighted by atomic mass is 19.1. The first kappa shape index (κ1) is 15.7. The predicted molar refractivity (Wildman–Crippen MR) is 80.5 cm³/mol. The number of nitrogens with zero attached hydrogens (tertiary/aromatic N) is 1. The molecule has 1 aromatic rings. The molecule has 0 saturated carbocycles. The van der Waals surface area contributed by atoms with Gasteiger partial charge in [-0.1, -0.05) is 6.92 Å². The van der Waals surface area contributed by atoms with Crippen LogP contribution in [0.15, 0.2) is 18.2 Å². The third-order valence-corrected chi connectivity index (χ3v) is 3.68. The molecule has 3 N–H and O–H groups in total. The van der Waals surface area contributed by atoms with Gasteiger partial charge in [-0.05, 0) is 31.5 Å². The summed E-state index contributed by atoms with van der Waals surface area (Å²) in [4.78, 5) is 14.2. The van der Waals surface area contributed by atoms with Crippen molar-refractivity contribution >= 4 is 17.3 Å². The molecule has 1 aliphatic heterocycles. The summed E-state index contributed by atoms with van der Waals surface area (Å²) in [6.07, 6.45) is 1.06. The second kappa shape index (κ2) is 6.87. The van der Waals surface area contributed by atoms with Gasteiger partial charge in [0.05, 0.1) is 24.9 Å². The van der Waals surface area contributed by atoms with Gasteiger partial charge in [0.25, 0.3) is 0 Å². The number of halogens is 1. The molecule has 1 amide bonds. The summed E-state index contributed by atoms with van der Waals surface area (Å²) in [6.45, 7) is 5.75. The van der Waals surface area contributed by atoms with Crippen molar-refractivity contribution in [1.29, 1.82) is 0 Å². The lowest BCUT2D eigenvalue weighted by molar-refractivity contribution is -0.121. The minimum atomic E-state index is -0.485. The van der Waals surface area contributed by atoms with Crippen LogP contribution in [0, 0.1) is 5.82 Å². The molecule has 2 rings (SSSR count). The van der Waals surface area contributed by atoms with Crippen LogP contribution in [0.25, 0.3) is 0 Å². The van der Waals surface area contributed by atoms with Crippen LogP contribution in [0.2, 0.25) is 0 Å².